The van der Waals surface area contributed by atoms with Gasteiger partial charge < -0.3 is 10.5 Å². The van der Waals surface area contributed by atoms with Gasteiger partial charge in [0.2, 0.25) is 0 Å². The lowest BCUT2D eigenvalue weighted by Gasteiger charge is -2.37. The van der Waals surface area contributed by atoms with E-state index in [9.17, 15) is 0 Å². The van der Waals surface area contributed by atoms with E-state index in [1.165, 1.54) is 16.7 Å². The van der Waals surface area contributed by atoms with Crippen LogP contribution in [-0.2, 0) is 10.2 Å². The van der Waals surface area contributed by atoms with E-state index in [0.29, 0.717) is 6.54 Å². The van der Waals surface area contributed by atoms with Crippen LogP contribution in [-0.4, -0.2) is 19.8 Å². The molecule has 0 aromatic heterocycles. The first-order valence-electron chi connectivity index (χ1n) is 6.03. The van der Waals surface area contributed by atoms with Gasteiger partial charge in [0, 0.05) is 18.6 Å². The molecule has 0 bridgehead atoms. The van der Waals surface area contributed by atoms with Crippen molar-refractivity contribution < 1.29 is 4.74 Å². The number of aryl methyl sites for hydroxylation is 2. The summed E-state index contributed by atoms with van der Waals surface area (Å²) in [6.45, 7) is 6.61. The average molecular weight is 219 g/mol. The molecule has 1 fully saturated rings. The zero-order valence-electron chi connectivity index (χ0n) is 10.3. The largest absolute Gasteiger partial charge is 0.380 e. The first-order chi connectivity index (χ1) is 7.66. The fourth-order valence-corrected chi connectivity index (χ4v) is 2.64. The third-order valence-corrected chi connectivity index (χ3v) is 3.55. The van der Waals surface area contributed by atoms with Gasteiger partial charge in [-0.3, -0.25) is 0 Å². The predicted molar refractivity (Wildman–Crippen MR) is 66.7 cm³/mol. The molecule has 16 heavy (non-hydrogen) atoms. The van der Waals surface area contributed by atoms with E-state index in [2.05, 4.69) is 32.0 Å². The van der Waals surface area contributed by atoms with Crippen LogP contribution in [0.25, 0.3) is 0 Å². The fraction of sp³-hybridized carbons (Fsp3) is 0.571. The van der Waals surface area contributed by atoms with Crippen molar-refractivity contribution in [2.24, 2.45) is 5.73 Å². The smallest absolute Gasteiger partial charge is 0.0575 e. The maximum absolute atomic E-state index is 5.99. The normalized spacial score (nSPS) is 25.7. The van der Waals surface area contributed by atoms with Crippen molar-refractivity contribution >= 4 is 0 Å². The summed E-state index contributed by atoms with van der Waals surface area (Å²) in [4.78, 5) is 0. The highest BCUT2D eigenvalue weighted by Gasteiger charge is 2.33. The number of hydrogen-bond acceptors (Lipinski definition) is 2. The van der Waals surface area contributed by atoms with E-state index in [-0.39, 0.29) is 5.41 Å². The molecule has 1 aromatic carbocycles. The van der Waals surface area contributed by atoms with Crippen molar-refractivity contribution in [3.05, 3.63) is 34.9 Å². The first kappa shape index (κ1) is 11.6. The minimum Gasteiger partial charge on any atom is -0.380 e. The number of rotatable bonds is 2. The Morgan fingerprint density at radius 3 is 2.44 bits per heavy atom. The Hall–Kier alpha value is -0.860. The summed E-state index contributed by atoms with van der Waals surface area (Å²) in [6, 6.07) is 6.72. The molecule has 1 atom stereocenters. The highest BCUT2D eigenvalue weighted by molar-refractivity contribution is 5.35. The predicted octanol–water partition coefficient (Wildman–Crippen LogP) is 2.31. The lowest BCUT2D eigenvalue weighted by atomic mass is 9.75. The van der Waals surface area contributed by atoms with Crippen molar-refractivity contribution in [2.75, 3.05) is 19.8 Å². The molecular formula is C14H21NO. The van der Waals surface area contributed by atoms with Crippen LogP contribution in [0.3, 0.4) is 0 Å². The van der Waals surface area contributed by atoms with E-state index in [4.69, 9.17) is 10.5 Å². The van der Waals surface area contributed by atoms with Crippen molar-refractivity contribution in [1.29, 1.82) is 0 Å². The second kappa shape index (κ2) is 4.56. The molecule has 0 saturated carbocycles. The molecule has 1 aromatic rings. The zero-order valence-corrected chi connectivity index (χ0v) is 10.3. The summed E-state index contributed by atoms with van der Waals surface area (Å²) in [7, 11) is 0. The summed E-state index contributed by atoms with van der Waals surface area (Å²) in [5.41, 5.74) is 10.0. The van der Waals surface area contributed by atoms with Gasteiger partial charge in [0.25, 0.3) is 0 Å². The molecule has 1 heterocycles. The molecule has 2 N–H and O–H groups in total. The standard InChI is InChI=1S/C14H21NO/c1-11-6-12(2)8-13(7-11)14(9-15)4-3-5-16-10-14/h6-8H,3-5,9-10,15H2,1-2H3. The third-order valence-electron chi connectivity index (χ3n) is 3.55. The minimum atomic E-state index is 0.0506. The van der Waals surface area contributed by atoms with Gasteiger partial charge in [-0.1, -0.05) is 29.3 Å². The van der Waals surface area contributed by atoms with Gasteiger partial charge >= 0.3 is 0 Å². The van der Waals surface area contributed by atoms with Crippen LogP contribution in [0.2, 0.25) is 0 Å². The lowest BCUT2D eigenvalue weighted by molar-refractivity contribution is 0.0377. The second-order valence-corrected chi connectivity index (χ2v) is 5.02. The molecule has 1 unspecified atom stereocenters. The topological polar surface area (TPSA) is 35.2 Å². The van der Waals surface area contributed by atoms with Crippen LogP contribution in [0, 0.1) is 13.8 Å². The maximum atomic E-state index is 5.99. The first-order valence-corrected chi connectivity index (χ1v) is 6.03. The van der Waals surface area contributed by atoms with Gasteiger partial charge in [0.15, 0.2) is 0 Å². The molecular weight excluding hydrogens is 198 g/mol. The summed E-state index contributed by atoms with van der Waals surface area (Å²) >= 11 is 0. The van der Waals surface area contributed by atoms with Gasteiger partial charge in [-0.15, -0.1) is 0 Å². The highest BCUT2D eigenvalue weighted by Crippen LogP contribution is 2.33. The van der Waals surface area contributed by atoms with E-state index < -0.39 is 0 Å². The summed E-state index contributed by atoms with van der Waals surface area (Å²) in [6.07, 6.45) is 2.26. The Morgan fingerprint density at radius 1 is 1.25 bits per heavy atom. The monoisotopic (exact) mass is 219 g/mol. The van der Waals surface area contributed by atoms with Crippen molar-refractivity contribution in [2.45, 2.75) is 32.1 Å². The van der Waals surface area contributed by atoms with Crippen LogP contribution in [0.5, 0.6) is 0 Å². The van der Waals surface area contributed by atoms with E-state index in [1.54, 1.807) is 0 Å². The van der Waals surface area contributed by atoms with Crippen LogP contribution >= 0.6 is 0 Å². The number of ether oxygens (including phenoxy) is 1. The summed E-state index contributed by atoms with van der Waals surface area (Å²) in [5.74, 6) is 0. The Kier molecular flexibility index (Phi) is 3.31. The van der Waals surface area contributed by atoms with Gasteiger partial charge in [-0.2, -0.15) is 0 Å². The van der Waals surface area contributed by atoms with Crippen molar-refractivity contribution in [3.63, 3.8) is 0 Å². The number of benzene rings is 1. The lowest BCUT2D eigenvalue weighted by Crippen LogP contribution is -2.42. The SMILES string of the molecule is Cc1cc(C)cc(C2(CN)CCCOC2)c1. The van der Waals surface area contributed by atoms with Crippen LogP contribution < -0.4 is 5.73 Å². The molecule has 88 valence electrons. The quantitative estimate of drug-likeness (QED) is 0.828. The number of hydrogen-bond donors (Lipinski definition) is 1. The van der Waals surface area contributed by atoms with Crippen molar-refractivity contribution in [3.8, 4) is 0 Å². The van der Waals surface area contributed by atoms with Gasteiger partial charge in [-0.05, 0) is 32.3 Å². The maximum Gasteiger partial charge on any atom is 0.0575 e. The molecule has 1 saturated heterocycles. The van der Waals surface area contributed by atoms with Gasteiger partial charge in [-0.25, -0.2) is 0 Å². The van der Waals surface area contributed by atoms with Crippen molar-refractivity contribution in [1.82, 2.24) is 0 Å². The van der Waals surface area contributed by atoms with Crippen LogP contribution in [0.4, 0.5) is 0 Å². The molecule has 1 aliphatic rings. The Balaban J connectivity index is 2.38. The molecule has 0 amide bonds. The van der Waals surface area contributed by atoms with E-state index >= 15 is 0 Å². The average Bonchev–Trinajstić information content (AvgIpc) is 2.28. The van der Waals surface area contributed by atoms with Gasteiger partial charge in [0.1, 0.15) is 0 Å². The Labute approximate surface area is 97.8 Å². The fourth-order valence-electron chi connectivity index (χ4n) is 2.64. The molecule has 0 aliphatic carbocycles. The Morgan fingerprint density at radius 2 is 1.94 bits per heavy atom. The zero-order chi connectivity index (χ0) is 11.6. The third kappa shape index (κ3) is 2.13. The summed E-state index contributed by atoms with van der Waals surface area (Å²) in [5, 5.41) is 0. The van der Waals surface area contributed by atoms with Crippen LogP contribution in [0.1, 0.15) is 29.5 Å². The van der Waals surface area contributed by atoms with E-state index in [1.807, 2.05) is 0 Å². The number of nitrogens with two attached hydrogens (primary N) is 1. The van der Waals surface area contributed by atoms with Gasteiger partial charge in [0.05, 0.1) is 6.61 Å². The minimum absolute atomic E-state index is 0.0506. The molecule has 1 aliphatic heterocycles. The molecule has 2 heteroatoms. The molecule has 0 spiro atoms. The highest BCUT2D eigenvalue weighted by atomic mass is 16.5. The molecule has 2 rings (SSSR count). The Bertz CT molecular complexity index is 347. The molecule has 2 nitrogen and oxygen atoms in total. The summed E-state index contributed by atoms with van der Waals surface area (Å²) < 4.78 is 5.63. The van der Waals surface area contributed by atoms with Crippen LogP contribution in [0.15, 0.2) is 18.2 Å². The van der Waals surface area contributed by atoms with E-state index in [0.717, 1.165) is 26.1 Å². The second-order valence-electron chi connectivity index (χ2n) is 5.02. The molecule has 0 radical (unpaired) electrons.